The molecule has 1 heterocycles. The Labute approximate surface area is 151 Å². The van der Waals surface area contributed by atoms with Crippen molar-refractivity contribution in [3.05, 3.63) is 71.9 Å². The van der Waals surface area contributed by atoms with Crippen molar-refractivity contribution in [3.8, 4) is 22.4 Å². The van der Waals surface area contributed by atoms with E-state index >= 15 is 0 Å². The van der Waals surface area contributed by atoms with E-state index < -0.39 is 8.07 Å². The molecule has 2 heteroatoms. The van der Waals surface area contributed by atoms with Crippen LogP contribution in [0.25, 0.3) is 22.4 Å². The third-order valence-corrected chi connectivity index (χ3v) is 7.28. The average Bonchev–Trinajstić information content (AvgIpc) is 3.10. The number of benzene rings is 2. The molecule has 25 heavy (non-hydrogen) atoms. The molecule has 2 aromatic carbocycles. The standard InChI is InChI=1S/C23H25NSi/c1-25(2,3)22-16-20(21-14-7-8-15-24-21)23(17-10-5-4-6-11-17)19-13-9-12-18(19)22/h4-8,10-11,14-16H,9,12-13H2,1-3H3. The molecule has 0 unspecified atom stereocenters. The fourth-order valence-electron chi connectivity index (χ4n) is 4.11. The maximum absolute atomic E-state index is 4.70. The molecule has 0 saturated heterocycles. The van der Waals surface area contributed by atoms with Crippen LogP contribution in [0.3, 0.4) is 0 Å². The van der Waals surface area contributed by atoms with Gasteiger partial charge in [-0.15, -0.1) is 0 Å². The number of nitrogens with zero attached hydrogens (tertiary/aromatic N) is 1. The molecule has 0 atom stereocenters. The first-order chi connectivity index (χ1) is 12.1. The summed E-state index contributed by atoms with van der Waals surface area (Å²) in [7, 11) is -1.41. The third kappa shape index (κ3) is 2.95. The predicted octanol–water partition coefficient (Wildman–Crippen LogP) is 5.45. The van der Waals surface area contributed by atoms with Crippen LogP contribution in [0.15, 0.2) is 60.8 Å². The Morgan fingerprint density at radius 1 is 0.840 bits per heavy atom. The molecule has 4 rings (SSSR count). The van der Waals surface area contributed by atoms with Crippen LogP contribution in [-0.4, -0.2) is 13.1 Å². The van der Waals surface area contributed by atoms with E-state index in [1.807, 2.05) is 12.3 Å². The lowest BCUT2D eigenvalue weighted by atomic mass is 9.90. The van der Waals surface area contributed by atoms with Crippen LogP contribution >= 0.6 is 0 Å². The number of hydrogen-bond acceptors (Lipinski definition) is 1. The first kappa shape index (κ1) is 16.3. The number of aromatic nitrogens is 1. The van der Waals surface area contributed by atoms with E-state index in [9.17, 15) is 0 Å². The first-order valence-electron chi connectivity index (χ1n) is 9.22. The van der Waals surface area contributed by atoms with Crippen LogP contribution in [0.1, 0.15) is 17.5 Å². The highest BCUT2D eigenvalue weighted by Gasteiger charge is 2.29. The van der Waals surface area contributed by atoms with Crippen molar-refractivity contribution in [1.29, 1.82) is 0 Å². The summed E-state index contributed by atoms with van der Waals surface area (Å²) in [4.78, 5) is 4.70. The van der Waals surface area contributed by atoms with Gasteiger partial charge in [-0.05, 0) is 53.6 Å². The molecular formula is C23H25NSi. The lowest BCUT2D eigenvalue weighted by Gasteiger charge is -2.25. The minimum atomic E-state index is -1.41. The van der Waals surface area contributed by atoms with E-state index in [1.54, 1.807) is 16.3 Å². The van der Waals surface area contributed by atoms with Gasteiger partial charge >= 0.3 is 0 Å². The fraction of sp³-hybridized carbons (Fsp3) is 0.261. The fourth-order valence-corrected chi connectivity index (χ4v) is 5.87. The minimum absolute atomic E-state index is 1.09. The van der Waals surface area contributed by atoms with E-state index in [2.05, 4.69) is 68.2 Å². The van der Waals surface area contributed by atoms with Gasteiger partial charge in [-0.2, -0.15) is 0 Å². The van der Waals surface area contributed by atoms with E-state index in [1.165, 1.54) is 36.0 Å². The zero-order chi connectivity index (χ0) is 17.4. The van der Waals surface area contributed by atoms with Crippen molar-refractivity contribution < 1.29 is 0 Å². The first-order valence-corrected chi connectivity index (χ1v) is 12.7. The van der Waals surface area contributed by atoms with Crippen molar-refractivity contribution in [2.75, 3.05) is 0 Å². The Morgan fingerprint density at radius 2 is 1.56 bits per heavy atom. The molecule has 0 radical (unpaired) electrons. The molecular weight excluding hydrogens is 318 g/mol. The minimum Gasteiger partial charge on any atom is -0.256 e. The monoisotopic (exact) mass is 343 g/mol. The van der Waals surface area contributed by atoms with Gasteiger partial charge < -0.3 is 0 Å². The van der Waals surface area contributed by atoms with E-state index in [-0.39, 0.29) is 0 Å². The summed E-state index contributed by atoms with van der Waals surface area (Å²) in [6, 6.07) is 19.6. The van der Waals surface area contributed by atoms with Crippen LogP contribution in [0, 0.1) is 0 Å². The number of pyridine rings is 1. The smallest absolute Gasteiger partial charge is 0.0779 e. The third-order valence-electron chi connectivity index (χ3n) is 5.21. The molecule has 1 aromatic heterocycles. The molecule has 126 valence electrons. The summed E-state index contributed by atoms with van der Waals surface area (Å²) in [6.07, 6.45) is 5.61. The molecule has 0 bridgehead atoms. The van der Waals surface area contributed by atoms with E-state index in [0.29, 0.717) is 0 Å². The molecule has 0 fully saturated rings. The molecule has 0 N–H and O–H groups in total. The normalized spacial score (nSPS) is 13.7. The zero-order valence-corrected chi connectivity index (χ0v) is 16.3. The molecule has 0 aliphatic heterocycles. The molecule has 0 amide bonds. The number of fused-ring (bicyclic) bond motifs is 1. The second kappa shape index (κ2) is 6.27. The van der Waals surface area contributed by atoms with Crippen LogP contribution < -0.4 is 5.19 Å². The van der Waals surface area contributed by atoms with Crippen molar-refractivity contribution in [3.63, 3.8) is 0 Å². The van der Waals surface area contributed by atoms with Crippen molar-refractivity contribution >= 4 is 13.3 Å². The largest absolute Gasteiger partial charge is 0.256 e. The second-order valence-electron chi connectivity index (χ2n) is 7.99. The van der Waals surface area contributed by atoms with Crippen molar-refractivity contribution in [2.24, 2.45) is 0 Å². The van der Waals surface area contributed by atoms with Crippen molar-refractivity contribution in [2.45, 2.75) is 38.9 Å². The Balaban J connectivity index is 2.08. The lowest BCUT2D eigenvalue weighted by Crippen LogP contribution is -2.40. The van der Waals surface area contributed by atoms with Gasteiger partial charge in [0.15, 0.2) is 0 Å². The van der Waals surface area contributed by atoms with Gasteiger partial charge in [0, 0.05) is 11.8 Å². The molecule has 1 nitrogen and oxygen atoms in total. The Kier molecular flexibility index (Phi) is 4.08. The van der Waals surface area contributed by atoms with Crippen LogP contribution in [-0.2, 0) is 12.8 Å². The Morgan fingerprint density at radius 3 is 2.24 bits per heavy atom. The topological polar surface area (TPSA) is 12.9 Å². The highest BCUT2D eigenvalue weighted by atomic mass is 28.3. The molecule has 0 saturated carbocycles. The van der Waals surface area contributed by atoms with E-state index in [4.69, 9.17) is 4.98 Å². The van der Waals surface area contributed by atoms with Gasteiger partial charge in [0.1, 0.15) is 0 Å². The summed E-state index contributed by atoms with van der Waals surface area (Å²) >= 11 is 0. The van der Waals surface area contributed by atoms with Gasteiger partial charge in [0.05, 0.1) is 13.8 Å². The van der Waals surface area contributed by atoms with E-state index in [0.717, 1.165) is 5.69 Å². The van der Waals surface area contributed by atoms with Crippen LogP contribution in [0.4, 0.5) is 0 Å². The van der Waals surface area contributed by atoms with Gasteiger partial charge in [0.25, 0.3) is 0 Å². The maximum atomic E-state index is 4.70. The number of rotatable bonds is 3. The highest BCUT2D eigenvalue weighted by molar-refractivity contribution is 6.89. The second-order valence-corrected chi connectivity index (χ2v) is 13.0. The summed E-state index contributed by atoms with van der Waals surface area (Å²) in [5, 5.41) is 1.63. The highest BCUT2D eigenvalue weighted by Crippen LogP contribution is 2.39. The van der Waals surface area contributed by atoms with Crippen LogP contribution in [0.5, 0.6) is 0 Å². The summed E-state index contributed by atoms with van der Waals surface area (Å²) < 4.78 is 0. The quantitative estimate of drug-likeness (QED) is 0.576. The molecule has 3 aromatic rings. The summed E-state index contributed by atoms with van der Waals surface area (Å²) in [6.45, 7) is 7.39. The van der Waals surface area contributed by atoms with Gasteiger partial charge in [-0.3, -0.25) is 4.98 Å². The molecule has 1 aliphatic carbocycles. The average molecular weight is 344 g/mol. The van der Waals surface area contributed by atoms with Crippen LogP contribution in [0.2, 0.25) is 19.6 Å². The predicted molar refractivity (Wildman–Crippen MR) is 110 cm³/mol. The SMILES string of the molecule is C[Si](C)(C)c1cc(-c2ccccn2)c(-c2ccccc2)c2c1CCC2. The Hall–Kier alpha value is -2.19. The molecule has 1 aliphatic rings. The van der Waals surface area contributed by atoms with Gasteiger partial charge in [-0.1, -0.05) is 67.3 Å². The van der Waals surface area contributed by atoms with Gasteiger partial charge in [-0.25, -0.2) is 0 Å². The van der Waals surface area contributed by atoms with Gasteiger partial charge in [0.2, 0.25) is 0 Å². The summed E-state index contributed by atoms with van der Waals surface area (Å²) in [5.41, 5.74) is 8.35. The Bertz CT molecular complexity index is 893. The number of hydrogen-bond donors (Lipinski definition) is 0. The van der Waals surface area contributed by atoms with Crippen molar-refractivity contribution in [1.82, 2.24) is 4.98 Å². The lowest BCUT2D eigenvalue weighted by molar-refractivity contribution is 0.913. The summed E-state index contributed by atoms with van der Waals surface area (Å²) in [5.74, 6) is 0. The maximum Gasteiger partial charge on any atom is 0.0779 e. The zero-order valence-electron chi connectivity index (χ0n) is 15.3. The molecule has 0 spiro atoms.